The fourth-order valence-corrected chi connectivity index (χ4v) is 2.11. The van der Waals surface area contributed by atoms with E-state index in [1.807, 2.05) is 18.2 Å². The number of nitrogens with two attached hydrogens (primary N) is 1. The minimum atomic E-state index is -0.981. The number of nitrogens with zero attached hydrogens (tertiary/aromatic N) is 2. The third kappa shape index (κ3) is 1.79. The van der Waals surface area contributed by atoms with E-state index >= 15 is 0 Å². The molecule has 0 aliphatic heterocycles. The van der Waals surface area contributed by atoms with E-state index in [1.54, 1.807) is 18.2 Å². The lowest BCUT2D eigenvalue weighted by Gasteiger charge is -2.06. The zero-order chi connectivity index (χ0) is 13.4. The van der Waals surface area contributed by atoms with Gasteiger partial charge in [-0.1, -0.05) is 30.3 Å². The number of aromatic carboxylic acids is 1. The number of aromatic nitrogens is 3. The largest absolute Gasteiger partial charge is 0.478 e. The van der Waals surface area contributed by atoms with Crippen molar-refractivity contribution in [1.29, 1.82) is 0 Å². The molecule has 0 bridgehead atoms. The van der Waals surface area contributed by atoms with Crippen LogP contribution in [0, 0.1) is 0 Å². The molecule has 3 aromatic rings. The Bertz CT molecular complexity index is 774. The molecule has 4 N–H and O–H groups in total. The molecule has 0 spiro atoms. The molecular weight excluding hydrogens is 244 g/mol. The number of carbonyl (C=O) groups is 1. The fourth-order valence-electron chi connectivity index (χ4n) is 2.11. The molecule has 0 atom stereocenters. The number of nitrogens with one attached hydrogen (secondary N) is 1. The summed E-state index contributed by atoms with van der Waals surface area (Å²) in [7, 11) is 0. The van der Waals surface area contributed by atoms with Crippen LogP contribution in [0.15, 0.2) is 36.4 Å². The zero-order valence-electron chi connectivity index (χ0n) is 9.79. The third-order valence-corrected chi connectivity index (χ3v) is 2.89. The molecule has 0 unspecified atom stereocenters. The normalized spacial score (nSPS) is 10.7. The Morgan fingerprint density at radius 3 is 2.58 bits per heavy atom. The average molecular weight is 254 g/mol. The highest BCUT2D eigenvalue weighted by Crippen LogP contribution is 2.29. The van der Waals surface area contributed by atoms with Crippen molar-refractivity contribution >= 4 is 22.7 Å². The summed E-state index contributed by atoms with van der Waals surface area (Å²) in [5, 5.41) is 17.2. The van der Waals surface area contributed by atoms with Crippen LogP contribution in [0.25, 0.3) is 22.2 Å². The van der Waals surface area contributed by atoms with Crippen LogP contribution >= 0.6 is 0 Å². The van der Waals surface area contributed by atoms with Crippen molar-refractivity contribution in [2.45, 2.75) is 0 Å². The Labute approximate surface area is 107 Å². The summed E-state index contributed by atoms with van der Waals surface area (Å²) in [6.07, 6.45) is 0. The van der Waals surface area contributed by atoms with E-state index in [1.165, 1.54) is 0 Å². The maximum Gasteiger partial charge on any atom is 0.336 e. The van der Waals surface area contributed by atoms with Gasteiger partial charge >= 0.3 is 5.97 Å². The topological polar surface area (TPSA) is 105 Å². The first-order valence-electron chi connectivity index (χ1n) is 5.60. The predicted molar refractivity (Wildman–Crippen MR) is 70.7 cm³/mol. The van der Waals surface area contributed by atoms with E-state index in [9.17, 15) is 9.90 Å². The molecule has 2 aromatic carbocycles. The lowest BCUT2D eigenvalue weighted by atomic mass is 9.99. The van der Waals surface area contributed by atoms with Gasteiger partial charge in [0.2, 0.25) is 5.95 Å². The van der Waals surface area contributed by atoms with Gasteiger partial charge in [0.1, 0.15) is 0 Å². The minimum Gasteiger partial charge on any atom is -0.478 e. The summed E-state index contributed by atoms with van der Waals surface area (Å²) in [4.78, 5) is 15.4. The molecule has 1 heterocycles. The van der Waals surface area contributed by atoms with Gasteiger partial charge in [-0.05, 0) is 11.5 Å². The van der Waals surface area contributed by atoms with Gasteiger partial charge in [-0.3, -0.25) is 5.10 Å². The van der Waals surface area contributed by atoms with Gasteiger partial charge in [0.25, 0.3) is 0 Å². The van der Waals surface area contributed by atoms with Gasteiger partial charge in [0.05, 0.1) is 5.56 Å². The van der Waals surface area contributed by atoms with Gasteiger partial charge in [0.15, 0.2) is 5.82 Å². The summed E-state index contributed by atoms with van der Waals surface area (Å²) in [6.45, 7) is 0. The van der Waals surface area contributed by atoms with E-state index in [2.05, 4.69) is 15.2 Å². The number of H-pyrrole nitrogens is 1. The molecule has 0 saturated carbocycles. The van der Waals surface area contributed by atoms with Gasteiger partial charge in [-0.2, -0.15) is 4.98 Å². The quantitative estimate of drug-likeness (QED) is 0.647. The predicted octanol–water partition coefficient (Wildman–Crippen LogP) is 1.91. The van der Waals surface area contributed by atoms with Crippen LogP contribution < -0.4 is 5.73 Å². The Balaban J connectivity index is 2.39. The SMILES string of the molecule is Nc1n[nH]c(-c2cccc3cccc(C(=O)O)c23)n1. The van der Waals surface area contributed by atoms with Crippen molar-refractivity contribution < 1.29 is 9.90 Å². The smallest absolute Gasteiger partial charge is 0.336 e. The molecule has 0 aliphatic carbocycles. The van der Waals surface area contributed by atoms with Crippen molar-refractivity contribution in [3.8, 4) is 11.4 Å². The summed E-state index contributed by atoms with van der Waals surface area (Å²) in [6, 6.07) is 10.6. The number of rotatable bonds is 2. The number of carboxylic acid groups (broad SMARTS) is 1. The number of benzene rings is 2. The number of aromatic amines is 1. The highest BCUT2D eigenvalue weighted by atomic mass is 16.4. The number of carboxylic acids is 1. The van der Waals surface area contributed by atoms with Gasteiger partial charge < -0.3 is 10.8 Å². The summed E-state index contributed by atoms with van der Waals surface area (Å²) in [5.41, 5.74) is 6.38. The maximum absolute atomic E-state index is 11.3. The summed E-state index contributed by atoms with van der Waals surface area (Å²) in [5.74, 6) is -0.401. The molecule has 3 rings (SSSR count). The first kappa shape index (κ1) is 11.2. The summed E-state index contributed by atoms with van der Waals surface area (Å²) < 4.78 is 0. The van der Waals surface area contributed by atoms with Crippen LogP contribution in [0.2, 0.25) is 0 Å². The first-order chi connectivity index (χ1) is 9.16. The Kier molecular flexibility index (Phi) is 2.42. The number of fused-ring (bicyclic) bond motifs is 1. The van der Waals surface area contributed by atoms with Crippen molar-refractivity contribution in [1.82, 2.24) is 15.2 Å². The Morgan fingerprint density at radius 2 is 1.95 bits per heavy atom. The molecule has 0 amide bonds. The molecule has 94 valence electrons. The van der Waals surface area contributed by atoms with Crippen molar-refractivity contribution in [3.05, 3.63) is 42.0 Å². The number of hydrogen-bond donors (Lipinski definition) is 3. The van der Waals surface area contributed by atoms with E-state index in [-0.39, 0.29) is 11.5 Å². The fraction of sp³-hybridized carbons (Fsp3) is 0. The molecule has 6 nitrogen and oxygen atoms in total. The van der Waals surface area contributed by atoms with E-state index in [0.29, 0.717) is 16.8 Å². The molecule has 6 heteroatoms. The van der Waals surface area contributed by atoms with E-state index in [4.69, 9.17) is 5.73 Å². The highest BCUT2D eigenvalue weighted by Gasteiger charge is 2.14. The van der Waals surface area contributed by atoms with Crippen LogP contribution in [0.1, 0.15) is 10.4 Å². The van der Waals surface area contributed by atoms with Crippen molar-refractivity contribution in [2.24, 2.45) is 0 Å². The second-order valence-corrected chi connectivity index (χ2v) is 4.06. The first-order valence-corrected chi connectivity index (χ1v) is 5.60. The molecule has 19 heavy (non-hydrogen) atoms. The Hall–Kier alpha value is -2.89. The Morgan fingerprint density at radius 1 is 1.21 bits per heavy atom. The summed E-state index contributed by atoms with van der Waals surface area (Å²) >= 11 is 0. The highest BCUT2D eigenvalue weighted by molar-refractivity contribution is 6.09. The van der Waals surface area contributed by atoms with Gasteiger partial charge in [-0.15, -0.1) is 5.10 Å². The molecule has 0 fully saturated rings. The number of hydrogen-bond acceptors (Lipinski definition) is 4. The average Bonchev–Trinajstić information content (AvgIpc) is 2.83. The lowest BCUT2D eigenvalue weighted by Crippen LogP contribution is -1.99. The van der Waals surface area contributed by atoms with Gasteiger partial charge in [0, 0.05) is 10.9 Å². The van der Waals surface area contributed by atoms with Crippen LogP contribution in [0.4, 0.5) is 5.95 Å². The number of anilines is 1. The van der Waals surface area contributed by atoms with Crippen molar-refractivity contribution in [3.63, 3.8) is 0 Å². The lowest BCUT2D eigenvalue weighted by molar-refractivity contribution is 0.0699. The number of nitrogen functional groups attached to an aromatic ring is 1. The molecule has 0 saturated heterocycles. The monoisotopic (exact) mass is 254 g/mol. The van der Waals surface area contributed by atoms with Crippen LogP contribution in [0.5, 0.6) is 0 Å². The maximum atomic E-state index is 11.3. The van der Waals surface area contributed by atoms with Gasteiger partial charge in [-0.25, -0.2) is 4.79 Å². The third-order valence-electron chi connectivity index (χ3n) is 2.89. The standard InChI is InChI=1S/C13H10N4O2/c14-13-15-11(16-17-13)8-5-1-3-7-4-2-6-9(10(7)8)12(18)19/h1-6H,(H,18,19)(H3,14,15,16,17). The second kappa shape index (κ2) is 4.09. The van der Waals surface area contributed by atoms with Crippen LogP contribution in [0.3, 0.4) is 0 Å². The minimum absolute atomic E-state index is 0.125. The van der Waals surface area contributed by atoms with Crippen LogP contribution in [-0.4, -0.2) is 26.3 Å². The molecule has 0 radical (unpaired) electrons. The van der Waals surface area contributed by atoms with E-state index in [0.717, 1.165) is 5.39 Å². The molecule has 1 aromatic heterocycles. The second-order valence-electron chi connectivity index (χ2n) is 4.06. The van der Waals surface area contributed by atoms with Crippen molar-refractivity contribution in [2.75, 3.05) is 5.73 Å². The molecular formula is C13H10N4O2. The zero-order valence-corrected chi connectivity index (χ0v) is 9.79. The molecule has 0 aliphatic rings. The van der Waals surface area contributed by atoms with Crippen LogP contribution in [-0.2, 0) is 0 Å². The van der Waals surface area contributed by atoms with E-state index < -0.39 is 5.97 Å².